The molecule has 1 aromatic carbocycles. The minimum atomic E-state index is -0.0947. The predicted molar refractivity (Wildman–Crippen MR) is 99.4 cm³/mol. The highest BCUT2D eigenvalue weighted by Crippen LogP contribution is 2.41. The maximum atomic E-state index is 13.9. The quantitative estimate of drug-likeness (QED) is 0.652. The standard InChI is InChI=1S/C20H29FN4/c1-22-20(23-14-10-11-25(13-14)15-6-2-3-7-15)24-19-12-17(19)16-8-4-5-9-18(16)21/h4-5,8-9,14-15,17,19H,2-3,6-7,10-13H2,1H3,(H2,22,23,24). The number of benzene rings is 1. The van der Waals surface area contributed by atoms with Crippen LogP contribution in [0.5, 0.6) is 0 Å². The van der Waals surface area contributed by atoms with Gasteiger partial charge in [-0.25, -0.2) is 4.39 Å². The number of halogens is 1. The summed E-state index contributed by atoms with van der Waals surface area (Å²) in [4.78, 5) is 7.04. The summed E-state index contributed by atoms with van der Waals surface area (Å²) in [6, 6.07) is 8.67. The van der Waals surface area contributed by atoms with Crippen LogP contribution in [0.2, 0.25) is 0 Å². The number of hydrogen-bond donors (Lipinski definition) is 2. The highest BCUT2D eigenvalue weighted by atomic mass is 19.1. The molecule has 1 aromatic rings. The van der Waals surface area contributed by atoms with E-state index >= 15 is 0 Å². The molecule has 0 bridgehead atoms. The highest BCUT2D eigenvalue weighted by Gasteiger charge is 2.41. The van der Waals surface area contributed by atoms with Gasteiger partial charge in [0.05, 0.1) is 0 Å². The van der Waals surface area contributed by atoms with Gasteiger partial charge in [-0.2, -0.15) is 0 Å². The van der Waals surface area contributed by atoms with Gasteiger partial charge in [0.2, 0.25) is 0 Å². The van der Waals surface area contributed by atoms with Crippen LogP contribution >= 0.6 is 0 Å². The lowest BCUT2D eigenvalue weighted by Crippen LogP contribution is -2.46. The Morgan fingerprint density at radius 1 is 1.16 bits per heavy atom. The predicted octanol–water partition coefficient (Wildman–Crippen LogP) is 2.86. The Hall–Kier alpha value is -1.62. The molecule has 0 radical (unpaired) electrons. The third kappa shape index (κ3) is 3.81. The van der Waals surface area contributed by atoms with Gasteiger partial charge in [0, 0.05) is 44.2 Å². The van der Waals surface area contributed by atoms with Crippen LogP contribution in [-0.2, 0) is 0 Å². The Labute approximate surface area is 149 Å². The average Bonchev–Trinajstić information content (AvgIpc) is 3.03. The molecule has 3 aliphatic rings. The van der Waals surface area contributed by atoms with Crippen molar-refractivity contribution in [2.24, 2.45) is 4.99 Å². The molecule has 1 aliphatic heterocycles. The van der Waals surface area contributed by atoms with Crippen molar-refractivity contribution in [1.29, 1.82) is 0 Å². The van der Waals surface area contributed by atoms with Crippen LogP contribution in [0.4, 0.5) is 4.39 Å². The first-order valence-electron chi connectivity index (χ1n) is 9.73. The molecule has 3 fully saturated rings. The van der Waals surface area contributed by atoms with Crippen molar-refractivity contribution in [1.82, 2.24) is 15.5 Å². The minimum Gasteiger partial charge on any atom is -0.353 e. The molecule has 0 aromatic heterocycles. The summed E-state index contributed by atoms with van der Waals surface area (Å²) in [5, 5.41) is 7.06. The van der Waals surface area contributed by atoms with E-state index < -0.39 is 0 Å². The van der Waals surface area contributed by atoms with Crippen molar-refractivity contribution in [3.05, 3.63) is 35.6 Å². The first-order chi connectivity index (χ1) is 12.2. The molecule has 1 saturated heterocycles. The molecule has 3 atom stereocenters. The van der Waals surface area contributed by atoms with E-state index in [4.69, 9.17) is 0 Å². The summed E-state index contributed by atoms with van der Waals surface area (Å²) in [6.45, 7) is 2.31. The molecule has 4 rings (SSSR count). The molecule has 5 heteroatoms. The lowest BCUT2D eigenvalue weighted by atomic mass is 10.1. The Morgan fingerprint density at radius 2 is 1.96 bits per heavy atom. The number of likely N-dealkylation sites (tertiary alicyclic amines) is 1. The smallest absolute Gasteiger partial charge is 0.191 e. The Morgan fingerprint density at radius 3 is 2.72 bits per heavy atom. The first kappa shape index (κ1) is 16.8. The van der Waals surface area contributed by atoms with E-state index in [1.807, 2.05) is 19.2 Å². The van der Waals surface area contributed by atoms with Crippen LogP contribution in [0.15, 0.2) is 29.3 Å². The summed E-state index contributed by atoms with van der Waals surface area (Å²) >= 11 is 0. The molecule has 1 heterocycles. The molecule has 2 saturated carbocycles. The van der Waals surface area contributed by atoms with Crippen molar-refractivity contribution in [3.8, 4) is 0 Å². The summed E-state index contributed by atoms with van der Waals surface area (Å²) in [5.74, 6) is 1.03. The molecule has 4 nitrogen and oxygen atoms in total. The van der Waals surface area contributed by atoms with Gasteiger partial charge in [-0.1, -0.05) is 31.0 Å². The van der Waals surface area contributed by atoms with Crippen molar-refractivity contribution < 1.29 is 4.39 Å². The lowest BCUT2D eigenvalue weighted by Gasteiger charge is -2.24. The normalized spacial score (nSPS) is 30.6. The molecule has 0 spiro atoms. The van der Waals surface area contributed by atoms with Gasteiger partial charge >= 0.3 is 0 Å². The van der Waals surface area contributed by atoms with Gasteiger partial charge < -0.3 is 10.6 Å². The molecule has 136 valence electrons. The lowest BCUT2D eigenvalue weighted by molar-refractivity contribution is 0.242. The zero-order valence-electron chi connectivity index (χ0n) is 15.0. The monoisotopic (exact) mass is 344 g/mol. The van der Waals surface area contributed by atoms with Crippen molar-refractivity contribution >= 4 is 5.96 Å². The molecule has 3 unspecified atom stereocenters. The van der Waals surface area contributed by atoms with Gasteiger partial charge in [0.15, 0.2) is 5.96 Å². The zero-order chi connectivity index (χ0) is 17.2. The van der Waals surface area contributed by atoms with Gasteiger partial charge in [0.25, 0.3) is 0 Å². The van der Waals surface area contributed by atoms with E-state index in [0.717, 1.165) is 30.5 Å². The van der Waals surface area contributed by atoms with Crippen LogP contribution in [0.3, 0.4) is 0 Å². The number of nitrogens with zero attached hydrogens (tertiary/aromatic N) is 2. The van der Waals surface area contributed by atoms with Crippen LogP contribution in [0, 0.1) is 5.82 Å². The summed E-state index contributed by atoms with van der Waals surface area (Å²) in [5.41, 5.74) is 0.823. The molecule has 2 aliphatic carbocycles. The van der Waals surface area contributed by atoms with E-state index in [1.54, 1.807) is 12.1 Å². The number of rotatable bonds is 4. The second kappa shape index (κ2) is 7.32. The molecule has 25 heavy (non-hydrogen) atoms. The molecule has 0 amide bonds. The highest BCUT2D eigenvalue weighted by molar-refractivity contribution is 5.81. The van der Waals surface area contributed by atoms with E-state index in [2.05, 4.69) is 20.5 Å². The summed E-state index contributed by atoms with van der Waals surface area (Å²) in [7, 11) is 1.82. The Kier molecular flexibility index (Phi) is 4.93. The van der Waals surface area contributed by atoms with Crippen molar-refractivity contribution in [2.75, 3.05) is 20.1 Å². The summed E-state index contributed by atoms with van der Waals surface area (Å²) < 4.78 is 13.9. The minimum absolute atomic E-state index is 0.0947. The Balaban J connectivity index is 1.27. The van der Waals surface area contributed by atoms with E-state index in [-0.39, 0.29) is 17.8 Å². The molecular formula is C20H29FN4. The van der Waals surface area contributed by atoms with Crippen LogP contribution < -0.4 is 10.6 Å². The fourth-order valence-electron chi connectivity index (χ4n) is 4.52. The third-order valence-corrected chi connectivity index (χ3v) is 6.04. The fraction of sp³-hybridized carbons (Fsp3) is 0.650. The maximum Gasteiger partial charge on any atom is 0.191 e. The SMILES string of the molecule is CN=C(NC1CCN(C2CCCC2)C1)NC1CC1c1ccccc1F. The van der Waals surface area contributed by atoms with Crippen LogP contribution in [0.25, 0.3) is 0 Å². The average molecular weight is 344 g/mol. The van der Waals surface area contributed by atoms with Gasteiger partial charge in [0.1, 0.15) is 5.82 Å². The first-order valence-corrected chi connectivity index (χ1v) is 9.73. The van der Waals surface area contributed by atoms with E-state index in [9.17, 15) is 4.39 Å². The number of aliphatic imine (C=N–C) groups is 1. The topological polar surface area (TPSA) is 39.7 Å². The number of hydrogen-bond acceptors (Lipinski definition) is 2. The van der Waals surface area contributed by atoms with E-state index in [1.165, 1.54) is 38.6 Å². The van der Waals surface area contributed by atoms with Gasteiger partial charge in [-0.15, -0.1) is 0 Å². The molecule has 2 N–H and O–H groups in total. The largest absolute Gasteiger partial charge is 0.353 e. The van der Waals surface area contributed by atoms with Gasteiger partial charge in [-0.05, 0) is 37.3 Å². The van der Waals surface area contributed by atoms with Crippen LogP contribution in [0.1, 0.15) is 50.0 Å². The Bertz CT molecular complexity index is 626. The van der Waals surface area contributed by atoms with E-state index in [0.29, 0.717) is 6.04 Å². The van der Waals surface area contributed by atoms with Crippen molar-refractivity contribution in [2.45, 2.75) is 62.6 Å². The summed E-state index contributed by atoms with van der Waals surface area (Å²) in [6.07, 6.45) is 7.67. The maximum absolute atomic E-state index is 13.9. The van der Waals surface area contributed by atoms with Crippen molar-refractivity contribution in [3.63, 3.8) is 0 Å². The molecular weight excluding hydrogens is 315 g/mol. The fourth-order valence-corrected chi connectivity index (χ4v) is 4.52. The van der Waals surface area contributed by atoms with Crippen LogP contribution in [-0.4, -0.2) is 49.1 Å². The second-order valence-corrected chi connectivity index (χ2v) is 7.75. The second-order valence-electron chi connectivity index (χ2n) is 7.75. The van der Waals surface area contributed by atoms with Gasteiger partial charge in [-0.3, -0.25) is 9.89 Å². The zero-order valence-corrected chi connectivity index (χ0v) is 15.0. The number of nitrogens with one attached hydrogen (secondary N) is 2. The number of guanidine groups is 1. The third-order valence-electron chi connectivity index (χ3n) is 6.04.